The molecule has 7 nitrogen and oxygen atoms in total. The maximum Gasteiger partial charge on any atom is 0.229 e. The number of pyridine rings is 2. The molecule has 0 spiro atoms. The van der Waals surface area contributed by atoms with Gasteiger partial charge in [-0.1, -0.05) is 18.2 Å². The van der Waals surface area contributed by atoms with Crippen molar-refractivity contribution < 1.29 is 5.11 Å². The van der Waals surface area contributed by atoms with E-state index in [0.717, 1.165) is 59.6 Å². The van der Waals surface area contributed by atoms with Gasteiger partial charge in [-0.25, -0.2) is 4.98 Å². The fraction of sp³-hybridized carbons (Fsp3) is 0.231. The van der Waals surface area contributed by atoms with Crippen LogP contribution in [0.15, 0.2) is 79.4 Å². The SMILES string of the molecule is OC1CCC(Nc2nc(Nc3ccc(-c4ccncc4)cc3)ncc2-c2ccccn2)CC1. The van der Waals surface area contributed by atoms with Gasteiger partial charge in [0, 0.05) is 36.5 Å². The molecule has 0 amide bonds. The standard InChI is InChI=1S/C26H26N6O/c33-22-10-8-20(9-11-22)30-25-23(24-3-1-2-14-28-24)17-29-26(32-25)31-21-6-4-18(5-7-21)19-12-15-27-16-13-19/h1-7,12-17,20,22,33H,8-11H2,(H2,29,30,31,32). The van der Waals surface area contributed by atoms with E-state index in [1.807, 2.05) is 48.7 Å². The molecule has 166 valence electrons. The first-order valence-corrected chi connectivity index (χ1v) is 11.2. The summed E-state index contributed by atoms with van der Waals surface area (Å²) >= 11 is 0. The van der Waals surface area contributed by atoms with Crippen molar-refractivity contribution in [2.45, 2.75) is 37.8 Å². The van der Waals surface area contributed by atoms with Gasteiger partial charge in [0.25, 0.3) is 0 Å². The van der Waals surface area contributed by atoms with Crippen LogP contribution in [-0.2, 0) is 0 Å². The Morgan fingerprint density at radius 1 is 0.788 bits per heavy atom. The van der Waals surface area contributed by atoms with Crippen molar-refractivity contribution in [3.05, 3.63) is 79.4 Å². The van der Waals surface area contributed by atoms with Gasteiger partial charge >= 0.3 is 0 Å². The van der Waals surface area contributed by atoms with Crippen LogP contribution in [0.1, 0.15) is 25.7 Å². The van der Waals surface area contributed by atoms with Gasteiger partial charge in [-0.3, -0.25) is 9.97 Å². The lowest BCUT2D eigenvalue weighted by Gasteiger charge is -2.27. The highest BCUT2D eigenvalue weighted by molar-refractivity contribution is 5.74. The number of aromatic nitrogens is 4. The molecule has 3 aromatic heterocycles. The van der Waals surface area contributed by atoms with Gasteiger partial charge in [0.2, 0.25) is 5.95 Å². The van der Waals surface area contributed by atoms with Crippen LogP contribution in [0, 0.1) is 0 Å². The Hall–Kier alpha value is -3.84. The van der Waals surface area contributed by atoms with E-state index in [1.165, 1.54) is 0 Å². The second kappa shape index (κ2) is 9.75. The predicted octanol–water partition coefficient (Wildman–Crippen LogP) is 5.06. The fourth-order valence-electron chi connectivity index (χ4n) is 4.09. The van der Waals surface area contributed by atoms with Crippen molar-refractivity contribution in [3.8, 4) is 22.4 Å². The molecule has 0 radical (unpaired) electrons. The summed E-state index contributed by atoms with van der Waals surface area (Å²) in [4.78, 5) is 17.9. The third kappa shape index (κ3) is 5.15. The summed E-state index contributed by atoms with van der Waals surface area (Å²) in [6.07, 6.45) is 10.4. The van der Waals surface area contributed by atoms with Crippen molar-refractivity contribution >= 4 is 17.5 Å². The van der Waals surface area contributed by atoms with E-state index in [-0.39, 0.29) is 12.1 Å². The number of aliphatic hydroxyl groups is 1. The van der Waals surface area contributed by atoms with Gasteiger partial charge in [0.1, 0.15) is 5.82 Å². The first kappa shape index (κ1) is 21.0. The Kier molecular flexibility index (Phi) is 6.21. The lowest BCUT2D eigenvalue weighted by Crippen LogP contribution is -2.29. The third-order valence-electron chi connectivity index (χ3n) is 5.92. The zero-order valence-electron chi connectivity index (χ0n) is 18.2. The number of benzene rings is 1. The van der Waals surface area contributed by atoms with Gasteiger partial charge in [0.05, 0.1) is 17.4 Å². The van der Waals surface area contributed by atoms with E-state index < -0.39 is 0 Å². The maximum atomic E-state index is 9.85. The molecule has 0 atom stereocenters. The summed E-state index contributed by atoms with van der Waals surface area (Å²) in [5, 5.41) is 16.7. The number of nitrogens with zero attached hydrogens (tertiary/aromatic N) is 4. The molecule has 0 saturated heterocycles. The highest BCUT2D eigenvalue weighted by Crippen LogP contribution is 2.29. The second-order valence-corrected chi connectivity index (χ2v) is 8.26. The number of rotatable bonds is 6. The smallest absolute Gasteiger partial charge is 0.229 e. The first-order valence-electron chi connectivity index (χ1n) is 11.2. The van der Waals surface area contributed by atoms with Crippen molar-refractivity contribution in [2.24, 2.45) is 0 Å². The van der Waals surface area contributed by atoms with Crippen LogP contribution in [0.5, 0.6) is 0 Å². The van der Waals surface area contributed by atoms with E-state index in [0.29, 0.717) is 5.95 Å². The average Bonchev–Trinajstić information content (AvgIpc) is 2.87. The molecule has 3 N–H and O–H groups in total. The van der Waals surface area contributed by atoms with Crippen LogP contribution in [0.3, 0.4) is 0 Å². The van der Waals surface area contributed by atoms with Gasteiger partial charge in [-0.05, 0) is 73.2 Å². The summed E-state index contributed by atoms with van der Waals surface area (Å²) in [6.45, 7) is 0. The minimum atomic E-state index is -0.198. The normalized spacial score (nSPS) is 18.0. The molecular weight excluding hydrogens is 412 g/mol. The summed E-state index contributed by atoms with van der Waals surface area (Å²) < 4.78 is 0. The fourth-order valence-corrected chi connectivity index (χ4v) is 4.09. The van der Waals surface area contributed by atoms with Crippen LogP contribution < -0.4 is 10.6 Å². The molecule has 0 bridgehead atoms. The van der Waals surface area contributed by atoms with Crippen molar-refractivity contribution in [1.82, 2.24) is 19.9 Å². The summed E-state index contributed by atoms with van der Waals surface area (Å²) in [5.74, 6) is 1.27. The zero-order valence-corrected chi connectivity index (χ0v) is 18.2. The zero-order chi connectivity index (χ0) is 22.5. The Balaban J connectivity index is 1.38. The molecule has 3 heterocycles. The Labute approximate surface area is 193 Å². The van der Waals surface area contributed by atoms with Crippen LogP contribution >= 0.6 is 0 Å². The monoisotopic (exact) mass is 438 g/mol. The topological polar surface area (TPSA) is 95.8 Å². The number of hydrogen-bond acceptors (Lipinski definition) is 7. The van der Waals surface area contributed by atoms with E-state index >= 15 is 0 Å². The van der Waals surface area contributed by atoms with Gasteiger partial charge < -0.3 is 15.7 Å². The molecule has 1 aliphatic carbocycles. The molecule has 1 aliphatic rings. The third-order valence-corrected chi connectivity index (χ3v) is 5.92. The minimum Gasteiger partial charge on any atom is -0.393 e. The largest absolute Gasteiger partial charge is 0.393 e. The Morgan fingerprint density at radius 2 is 1.55 bits per heavy atom. The molecule has 7 heteroatoms. The molecule has 4 aromatic rings. The summed E-state index contributed by atoms with van der Waals surface area (Å²) in [6, 6.07) is 18.2. The number of anilines is 3. The molecular formula is C26H26N6O. The molecule has 5 rings (SSSR count). The quantitative estimate of drug-likeness (QED) is 0.387. The van der Waals surface area contributed by atoms with E-state index in [4.69, 9.17) is 4.98 Å². The van der Waals surface area contributed by atoms with E-state index in [2.05, 4.69) is 37.7 Å². The van der Waals surface area contributed by atoms with E-state index in [1.54, 1.807) is 18.6 Å². The molecule has 1 aromatic carbocycles. The molecule has 0 unspecified atom stereocenters. The van der Waals surface area contributed by atoms with Crippen LogP contribution in [-0.4, -0.2) is 37.2 Å². The van der Waals surface area contributed by atoms with Crippen molar-refractivity contribution in [1.29, 1.82) is 0 Å². The highest BCUT2D eigenvalue weighted by atomic mass is 16.3. The Bertz CT molecular complexity index is 1180. The summed E-state index contributed by atoms with van der Waals surface area (Å²) in [5.41, 5.74) is 4.84. The number of aliphatic hydroxyl groups excluding tert-OH is 1. The lowest BCUT2D eigenvalue weighted by molar-refractivity contribution is 0.126. The molecule has 33 heavy (non-hydrogen) atoms. The van der Waals surface area contributed by atoms with Crippen molar-refractivity contribution in [3.63, 3.8) is 0 Å². The minimum absolute atomic E-state index is 0.198. The molecule has 1 fully saturated rings. The van der Waals surface area contributed by atoms with Gasteiger partial charge in [0.15, 0.2) is 0 Å². The summed E-state index contributed by atoms with van der Waals surface area (Å²) in [7, 11) is 0. The van der Waals surface area contributed by atoms with Gasteiger partial charge in [-0.2, -0.15) is 4.98 Å². The van der Waals surface area contributed by atoms with Crippen LogP contribution in [0.25, 0.3) is 22.4 Å². The predicted molar refractivity (Wildman–Crippen MR) is 130 cm³/mol. The Morgan fingerprint density at radius 3 is 2.27 bits per heavy atom. The van der Waals surface area contributed by atoms with Crippen molar-refractivity contribution in [2.75, 3.05) is 10.6 Å². The van der Waals surface area contributed by atoms with Crippen LogP contribution in [0.2, 0.25) is 0 Å². The maximum absolute atomic E-state index is 9.85. The van der Waals surface area contributed by atoms with Crippen LogP contribution in [0.4, 0.5) is 17.5 Å². The lowest BCUT2D eigenvalue weighted by atomic mass is 9.93. The van der Waals surface area contributed by atoms with Gasteiger partial charge in [-0.15, -0.1) is 0 Å². The highest BCUT2D eigenvalue weighted by Gasteiger charge is 2.21. The molecule has 1 saturated carbocycles. The molecule has 0 aliphatic heterocycles. The second-order valence-electron chi connectivity index (χ2n) is 8.26. The first-order chi connectivity index (χ1) is 16.2. The average molecular weight is 439 g/mol. The van der Waals surface area contributed by atoms with E-state index in [9.17, 15) is 5.11 Å². The number of nitrogens with one attached hydrogen (secondary N) is 2. The number of hydrogen-bond donors (Lipinski definition) is 3.